The molecule has 3 aromatic heterocycles. The molecule has 6 heteroatoms. The number of hydrogen-bond acceptors (Lipinski definition) is 3. The first-order chi connectivity index (χ1) is 12.0. The molecule has 1 amide bonds. The molecular weight excluding hydrogens is 332 g/mol. The molecule has 1 N–H and O–H groups in total. The van der Waals surface area contributed by atoms with E-state index in [1.165, 1.54) is 35.8 Å². The van der Waals surface area contributed by atoms with Crippen molar-refractivity contribution in [3.05, 3.63) is 40.3 Å². The van der Waals surface area contributed by atoms with Crippen LogP contribution in [0.5, 0.6) is 0 Å². The molecule has 1 aliphatic carbocycles. The van der Waals surface area contributed by atoms with E-state index in [0.717, 1.165) is 21.8 Å². The lowest BCUT2D eigenvalue weighted by molar-refractivity contribution is 0.0955. The zero-order valence-corrected chi connectivity index (χ0v) is 15.8. The Balaban J connectivity index is 1.47. The van der Waals surface area contributed by atoms with E-state index in [4.69, 9.17) is 0 Å². The number of nitrogens with zero attached hydrogens (tertiary/aromatic N) is 3. The van der Waals surface area contributed by atoms with Gasteiger partial charge in [-0.05, 0) is 32.8 Å². The Kier molecular flexibility index (Phi) is 4.15. The fourth-order valence-corrected chi connectivity index (χ4v) is 4.80. The topological polar surface area (TPSA) is 51.9 Å². The van der Waals surface area contributed by atoms with Crippen LogP contribution in [0.15, 0.2) is 18.5 Å². The molecule has 1 fully saturated rings. The summed E-state index contributed by atoms with van der Waals surface area (Å²) in [6.45, 7) is 4.53. The van der Waals surface area contributed by atoms with Crippen LogP contribution in [0.1, 0.15) is 58.3 Å². The van der Waals surface area contributed by atoms with Crippen molar-refractivity contribution in [1.82, 2.24) is 19.7 Å². The molecule has 1 saturated carbocycles. The number of amides is 1. The molecule has 3 heterocycles. The monoisotopic (exact) mass is 356 g/mol. The van der Waals surface area contributed by atoms with Crippen LogP contribution in [0.25, 0.3) is 10.1 Å². The number of aryl methyl sites for hydroxylation is 2. The van der Waals surface area contributed by atoms with Gasteiger partial charge < -0.3 is 9.88 Å². The van der Waals surface area contributed by atoms with Gasteiger partial charge in [0.1, 0.15) is 0 Å². The summed E-state index contributed by atoms with van der Waals surface area (Å²) >= 11 is 1.58. The number of carbonyl (C=O) groups excluding carboxylic acids is 1. The van der Waals surface area contributed by atoms with Crippen molar-refractivity contribution >= 4 is 27.3 Å². The second kappa shape index (κ2) is 6.33. The number of carbonyl (C=O) groups is 1. The first kappa shape index (κ1) is 16.4. The van der Waals surface area contributed by atoms with Crippen molar-refractivity contribution in [3.63, 3.8) is 0 Å². The molecule has 25 heavy (non-hydrogen) atoms. The molecule has 4 rings (SSSR count). The fraction of sp³-hybridized carbons (Fsp3) is 0.474. The molecule has 0 atom stereocenters. The van der Waals surface area contributed by atoms with E-state index in [-0.39, 0.29) is 5.91 Å². The predicted molar refractivity (Wildman–Crippen MR) is 101 cm³/mol. The van der Waals surface area contributed by atoms with Gasteiger partial charge in [-0.25, -0.2) is 0 Å². The molecule has 0 aliphatic heterocycles. The highest BCUT2D eigenvalue weighted by Crippen LogP contribution is 2.34. The van der Waals surface area contributed by atoms with Crippen molar-refractivity contribution in [2.45, 2.75) is 52.1 Å². The van der Waals surface area contributed by atoms with Gasteiger partial charge in [-0.1, -0.05) is 12.8 Å². The van der Waals surface area contributed by atoms with Crippen LogP contribution in [-0.4, -0.2) is 20.3 Å². The summed E-state index contributed by atoms with van der Waals surface area (Å²) in [4.78, 5) is 13.3. The normalized spacial score (nSPS) is 15.3. The van der Waals surface area contributed by atoms with Gasteiger partial charge in [-0.3, -0.25) is 9.48 Å². The quantitative estimate of drug-likeness (QED) is 0.765. The van der Waals surface area contributed by atoms with E-state index in [9.17, 15) is 4.79 Å². The number of thiophene rings is 1. The Morgan fingerprint density at radius 2 is 2.08 bits per heavy atom. The summed E-state index contributed by atoms with van der Waals surface area (Å²) in [5.41, 5.74) is 3.17. The SMILES string of the molecule is Cc1nn(C)c(C)c1CNC(=O)c1cc2cn(C3CCCC3)cc2s1. The third-order valence-electron chi connectivity index (χ3n) is 5.40. The van der Waals surface area contributed by atoms with Gasteiger partial charge >= 0.3 is 0 Å². The lowest BCUT2D eigenvalue weighted by Gasteiger charge is -2.10. The molecule has 0 unspecified atom stereocenters. The standard InChI is InChI=1S/C19H24N4OS/c1-12-16(13(2)22(3)21-12)9-20-19(24)17-8-14-10-23(11-18(14)25-17)15-6-4-5-7-15/h8,10-11,15H,4-7,9H2,1-3H3,(H,20,24). The maximum Gasteiger partial charge on any atom is 0.261 e. The van der Waals surface area contributed by atoms with Crippen LogP contribution < -0.4 is 5.32 Å². The molecule has 0 aromatic carbocycles. The Morgan fingerprint density at radius 1 is 1.32 bits per heavy atom. The van der Waals surface area contributed by atoms with Gasteiger partial charge in [-0.2, -0.15) is 5.10 Å². The van der Waals surface area contributed by atoms with Crippen LogP contribution in [0.3, 0.4) is 0 Å². The molecule has 132 valence electrons. The molecule has 5 nitrogen and oxygen atoms in total. The minimum atomic E-state index is -0.00345. The summed E-state index contributed by atoms with van der Waals surface area (Å²) < 4.78 is 5.40. The van der Waals surface area contributed by atoms with Crippen LogP contribution in [0, 0.1) is 13.8 Å². The van der Waals surface area contributed by atoms with Gasteiger partial charge in [0.25, 0.3) is 5.91 Å². The molecule has 1 aliphatic rings. The summed E-state index contributed by atoms with van der Waals surface area (Å²) in [7, 11) is 1.93. The lowest BCUT2D eigenvalue weighted by atomic mass is 10.2. The first-order valence-corrected chi connectivity index (χ1v) is 9.73. The number of hydrogen-bond donors (Lipinski definition) is 1. The molecular formula is C19H24N4OS. The van der Waals surface area contributed by atoms with Gasteiger partial charge in [0.15, 0.2) is 0 Å². The summed E-state index contributed by atoms with van der Waals surface area (Å²) in [5.74, 6) is -0.00345. The maximum atomic E-state index is 12.5. The highest BCUT2D eigenvalue weighted by atomic mass is 32.1. The van der Waals surface area contributed by atoms with Crippen molar-refractivity contribution in [3.8, 4) is 0 Å². The molecule has 0 spiro atoms. The molecule has 0 radical (unpaired) electrons. The van der Waals surface area contributed by atoms with Crippen molar-refractivity contribution in [2.24, 2.45) is 7.05 Å². The van der Waals surface area contributed by atoms with Crippen molar-refractivity contribution < 1.29 is 4.79 Å². The van der Waals surface area contributed by atoms with E-state index in [1.54, 1.807) is 11.3 Å². The molecule has 3 aromatic rings. The second-order valence-electron chi connectivity index (χ2n) is 7.03. The van der Waals surface area contributed by atoms with Gasteiger partial charge in [-0.15, -0.1) is 11.3 Å². The Bertz CT molecular complexity index is 895. The Hall–Kier alpha value is -2.08. The predicted octanol–water partition coefficient (Wildman–Crippen LogP) is 4.10. The highest BCUT2D eigenvalue weighted by molar-refractivity contribution is 7.20. The Labute approximate surface area is 151 Å². The molecule has 0 bridgehead atoms. The average Bonchev–Trinajstić information content (AvgIpc) is 3.31. The van der Waals surface area contributed by atoms with Crippen LogP contribution >= 0.6 is 11.3 Å². The van der Waals surface area contributed by atoms with Gasteiger partial charge in [0.2, 0.25) is 0 Å². The average molecular weight is 356 g/mol. The third-order valence-corrected chi connectivity index (χ3v) is 6.48. The third kappa shape index (κ3) is 2.99. The van der Waals surface area contributed by atoms with Crippen molar-refractivity contribution in [2.75, 3.05) is 0 Å². The van der Waals surface area contributed by atoms with Crippen LogP contribution in [-0.2, 0) is 13.6 Å². The van der Waals surface area contributed by atoms with Crippen LogP contribution in [0.4, 0.5) is 0 Å². The van der Waals surface area contributed by atoms with Crippen molar-refractivity contribution in [1.29, 1.82) is 0 Å². The number of rotatable bonds is 4. The van der Waals surface area contributed by atoms with Crippen LogP contribution in [0.2, 0.25) is 0 Å². The summed E-state index contributed by atoms with van der Waals surface area (Å²) in [6.07, 6.45) is 9.63. The van der Waals surface area contributed by atoms with E-state index in [1.807, 2.05) is 31.6 Å². The number of aromatic nitrogens is 3. The van der Waals surface area contributed by atoms with Gasteiger partial charge in [0.05, 0.1) is 15.3 Å². The van der Waals surface area contributed by atoms with E-state index in [0.29, 0.717) is 12.6 Å². The lowest BCUT2D eigenvalue weighted by Crippen LogP contribution is -2.22. The maximum absolute atomic E-state index is 12.5. The first-order valence-electron chi connectivity index (χ1n) is 8.91. The molecule has 0 saturated heterocycles. The number of fused-ring (bicyclic) bond motifs is 1. The second-order valence-corrected chi connectivity index (χ2v) is 8.11. The summed E-state index contributed by atoms with van der Waals surface area (Å²) in [5, 5.41) is 8.62. The van der Waals surface area contributed by atoms with E-state index >= 15 is 0 Å². The smallest absolute Gasteiger partial charge is 0.261 e. The highest BCUT2D eigenvalue weighted by Gasteiger charge is 2.19. The summed E-state index contributed by atoms with van der Waals surface area (Å²) in [6, 6.07) is 2.66. The fourth-order valence-electron chi connectivity index (χ4n) is 3.81. The number of nitrogens with one attached hydrogen (secondary N) is 1. The minimum Gasteiger partial charge on any atom is -0.349 e. The minimum absolute atomic E-state index is 0.00345. The zero-order valence-electron chi connectivity index (χ0n) is 15.0. The van der Waals surface area contributed by atoms with E-state index < -0.39 is 0 Å². The largest absolute Gasteiger partial charge is 0.349 e. The zero-order chi connectivity index (χ0) is 17.6. The Morgan fingerprint density at radius 3 is 2.72 bits per heavy atom. The van der Waals surface area contributed by atoms with Gasteiger partial charge in [0, 0.05) is 48.7 Å². The van der Waals surface area contributed by atoms with E-state index in [2.05, 4.69) is 27.4 Å².